The minimum Gasteiger partial charge on any atom is -0.349 e. The fourth-order valence-electron chi connectivity index (χ4n) is 3.64. The summed E-state index contributed by atoms with van der Waals surface area (Å²) in [5, 5.41) is 16.7. The lowest BCUT2D eigenvalue weighted by atomic mass is 9.95. The van der Waals surface area contributed by atoms with Crippen molar-refractivity contribution in [3.05, 3.63) is 68.5 Å². The molecule has 1 aliphatic carbocycles. The van der Waals surface area contributed by atoms with E-state index in [9.17, 15) is 24.1 Å². The van der Waals surface area contributed by atoms with Crippen LogP contribution in [0.15, 0.2) is 30.3 Å². The molecular formula is C22H24FN3O4. The number of halogens is 1. The molecule has 1 aliphatic rings. The molecule has 0 saturated heterocycles. The Morgan fingerprint density at radius 1 is 1.03 bits per heavy atom. The summed E-state index contributed by atoms with van der Waals surface area (Å²) in [6, 6.07) is 7.10. The smallest absolute Gasteiger partial charge is 0.276 e. The second-order valence-corrected chi connectivity index (χ2v) is 7.65. The van der Waals surface area contributed by atoms with Gasteiger partial charge >= 0.3 is 0 Å². The first kappa shape index (κ1) is 21.4. The van der Waals surface area contributed by atoms with Gasteiger partial charge in [-0.1, -0.05) is 19.3 Å². The zero-order valence-electron chi connectivity index (χ0n) is 17.0. The Morgan fingerprint density at radius 3 is 2.37 bits per heavy atom. The highest BCUT2D eigenvalue weighted by Crippen LogP contribution is 2.24. The molecule has 3 rings (SSSR count). The molecule has 2 aromatic carbocycles. The van der Waals surface area contributed by atoms with Gasteiger partial charge in [0.15, 0.2) is 0 Å². The molecule has 7 nitrogen and oxygen atoms in total. The van der Waals surface area contributed by atoms with Crippen molar-refractivity contribution in [1.29, 1.82) is 0 Å². The van der Waals surface area contributed by atoms with E-state index in [1.165, 1.54) is 13.3 Å². The summed E-state index contributed by atoms with van der Waals surface area (Å²) in [5.74, 6) is -1.64. The van der Waals surface area contributed by atoms with Crippen LogP contribution in [0.2, 0.25) is 0 Å². The Balaban J connectivity index is 1.73. The number of nitro groups is 1. The Hall–Kier alpha value is -3.29. The molecular weight excluding hydrogens is 389 g/mol. The van der Waals surface area contributed by atoms with Gasteiger partial charge in [-0.3, -0.25) is 19.7 Å². The molecule has 0 aliphatic heterocycles. The van der Waals surface area contributed by atoms with E-state index >= 15 is 0 Å². The fourth-order valence-corrected chi connectivity index (χ4v) is 3.64. The van der Waals surface area contributed by atoms with E-state index in [2.05, 4.69) is 10.6 Å². The Morgan fingerprint density at radius 2 is 1.73 bits per heavy atom. The van der Waals surface area contributed by atoms with Crippen LogP contribution in [0.5, 0.6) is 0 Å². The number of carbonyl (C=O) groups excluding carboxylic acids is 2. The molecule has 30 heavy (non-hydrogen) atoms. The maximum atomic E-state index is 14.0. The highest BCUT2D eigenvalue weighted by molar-refractivity contribution is 6.05. The van der Waals surface area contributed by atoms with Crippen molar-refractivity contribution in [1.82, 2.24) is 5.32 Å². The summed E-state index contributed by atoms with van der Waals surface area (Å²) < 4.78 is 14.0. The number of anilines is 1. The standard InChI is InChI=1S/C22H24FN3O4/c1-13-10-15(21(27)24-17-6-4-3-5-7-17)8-9-19(13)25-22(28)16-11-18(23)14(2)20(12-16)26(29)30/h8-12,17H,3-7H2,1-2H3,(H,24,27)(H,25,28). The first-order valence-electron chi connectivity index (χ1n) is 9.93. The topological polar surface area (TPSA) is 101 Å². The second kappa shape index (κ2) is 9.02. The highest BCUT2D eigenvalue weighted by Gasteiger charge is 2.21. The Labute approximate surface area is 173 Å². The summed E-state index contributed by atoms with van der Waals surface area (Å²) in [6.45, 7) is 3.03. The Kier molecular flexibility index (Phi) is 6.44. The number of hydrogen-bond acceptors (Lipinski definition) is 4. The van der Waals surface area contributed by atoms with Gasteiger partial charge in [-0.15, -0.1) is 0 Å². The summed E-state index contributed by atoms with van der Waals surface area (Å²) in [7, 11) is 0. The molecule has 0 aromatic heterocycles. The molecule has 0 bridgehead atoms. The lowest BCUT2D eigenvalue weighted by Crippen LogP contribution is -2.36. The summed E-state index contributed by atoms with van der Waals surface area (Å²) in [6.07, 6.45) is 5.41. The van der Waals surface area contributed by atoms with Crippen molar-refractivity contribution < 1.29 is 18.9 Å². The van der Waals surface area contributed by atoms with Crippen molar-refractivity contribution in [2.24, 2.45) is 0 Å². The number of nitrogens with zero attached hydrogens (tertiary/aromatic N) is 1. The van der Waals surface area contributed by atoms with Crippen LogP contribution in [0.4, 0.5) is 15.8 Å². The average molecular weight is 413 g/mol. The van der Waals surface area contributed by atoms with E-state index in [0.29, 0.717) is 16.8 Å². The quantitative estimate of drug-likeness (QED) is 0.549. The first-order chi connectivity index (χ1) is 14.3. The van der Waals surface area contributed by atoms with Crippen LogP contribution >= 0.6 is 0 Å². The van der Waals surface area contributed by atoms with Crippen LogP contribution in [0.3, 0.4) is 0 Å². The molecule has 8 heteroatoms. The number of carbonyl (C=O) groups is 2. The van der Waals surface area contributed by atoms with Crippen LogP contribution < -0.4 is 10.6 Å². The minimum absolute atomic E-state index is 0.124. The van der Waals surface area contributed by atoms with E-state index in [4.69, 9.17) is 0 Å². The minimum atomic E-state index is -0.819. The predicted octanol–water partition coefficient (Wildman–Crippen LogP) is 4.67. The van der Waals surface area contributed by atoms with Gasteiger partial charge in [0, 0.05) is 28.9 Å². The summed E-state index contributed by atoms with van der Waals surface area (Å²) >= 11 is 0. The molecule has 0 atom stereocenters. The van der Waals surface area contributed by atoms with E-state index in [0.717, 1.165) is 37.8 Å². The zero-order chi connectivity index (χ0) is 21.8. The van der Waals surface area contributed by atoms with Crippen molar-refractivity contribution in [2.45, 2.75) is 52.0 Å². The molecule has 1 fully saturated rings. The van der Waals surface area contributed by atoms with Gasteiger partial charge in [-0.25, -0.2) is 4.39 Å². The summed E-state index contributed by atoms with van der Waals surface area (Å²) in [5.41, 5.74) is 0.864. The van der Waals surface area contributed by atoms with E-state index < -0.39 is 22.3 Å². The molecule has 0 heterocycles. The average Bonchev–Trinajstić information content (AvgIpc) is 2.71. The molecule has 2 aromatic rings. The van der Waals surface area contributed by atoms with Gasteiger partial charge in [0.2, 0.25) is 0 Å². The number of nitro benzene ring substituents is 1. The van der Waals surface area contributed by atoms with E-state index in [1.807, 2.05) is 0 Å². The van der Waals surface area contributed by atoms with Gasteiger partial charge < -0.3 is 10.6 Å². The second-order valence-electron chi connectivity index (χ2n) is 7.65. The van der Waals surface area contributed by atoms with Crippen LogP contribution in [-0.2, 0) is 0 Å². The van der Waals surface area contributed by atoms with Gasteiger partial charge in [0.25, 0.3) is 17.5 Å². The Bertz CT molecular complexity index is 1000. The van der Waals surface area contributed by atoms with E-state index in [-0.39, 0.29) is 23.1 Å². The lowest BCUT2D eigenvalue weighted by molar-refractivity contribution is -0.385. The zero-order valence-corrected chi connectivity index (χ0v) is 17.0. The monoisotopic (exact) mass is 413 g/mol. The third-order valence-electron chi connectivity index (χ3n) is 5.45. The molecule has 0 unspecified atom stereocenters. The summed E-state index contributed by atoms with van der Waals surface area (Å²) in [4.78, 5) is 35.3. The number of nitrogens with one attached hydrogen (secondary N) is 2. The molecule has 1 saturated carbocycles. The van der Waals surface area contributed by atoms with E-state index in [1.54, 1.807) is 25.1 Å². The highest BCUT2D eigenvalue weighted by atomic mass is 19.1. The third kappa shape index (κ3) is 4.82. The van der Waals surface area contributed by atoms with Crippen molar-refractivity contribution in [3.63, 3.8) is 0 Å². The number of rotatable bonds is 5. The molecule has 2 N–H and O–H groups in total. The third-order valence-corrected chi connectivity index (χ3v) is 5.45. The molecule has 2 amide bonds. The number of aryl methyl sites for hydroxylation is 1. The lowest BCUT2D eigenvalue weighted by Gasteiger charge is -2.23. The van der Waals surface area contributed by atoms with Gasteiger partial charge in [-0.05, 0) is 56.5 Å². The van der Waals surface area contributed by atoms with Crippen LogP contribution in [0.1, 0.15) is 63.9 Å². The van der Waals surface area contributed by atoms with Gasteiger partial charge in [0.1, 0.15) is 5.82 Å². The first-order valence-corrected chi connectivity index (χ1v) is 9.93. The van der Waals surface area contributed by atoms with Gasteiger partial charge in [0.05, 0.1) is 10.5 Å². The van der Waals surface area contributed by atoms with Crippen LogP contribution in [-0.4, -0.2) is 22.8 Å². The van der Waals surface area contributed by atoms with Gasteiger partial charge in [-0.2, -0.15) is 0 Å². The number of amides is 2. The van der Waals surface area contributed by atoms with Crippen molar-refractivity contribution in [2.75, 3.05) is 5.32 Å². The van der Waals surface area contributed by atoms with Crippen molar-refractivity contribution in [3.8, 4) is 0 Å². The molecule has 158 valence electrons. The number of hydrogen-bond donors (Lipinski definition) is 2. The molecule has 0 radical (unpaired) electrons. The normalized spacial score (nSPS) is 14.2. The molecule has 0 spiro atoms. The number of benzene rings is 2. The predicted molar refractivity (Wildman–Crippen MR) is 111 cm³/mol. The largest absolute Gasteiger partial charge is 0.349 e. The van der Waals surface area contributed by atoms with Crippen LogP contribution in [0, 0.1) is 29.8 Å². The fraction of sp³-hybridized carbons (Fsp3) is 0.364. The van der Waals surface area contributed by atoms with Crippen LogP contribution in [0.25, 0.3) is 0 Å². The maximum Gasteiger partial charge on any atom is 0.276 e. The van der Waals surface area contributed by atoms with Crippen molar-refractivity contribution >= 4 is 23.2 Å². The maximum absolute atomic E-state index is 14.0. The SMILES string of the molecule is Cc1cc(C(=O)NC2CCCCC2)ccc1NC(=O)c1cc(F)c(C)c([N+](=O)[O-])c1.